The van der Waals surface area contributed by atoms with Crippen molar-refractivity contribution >= 4 is 0 Å². The van der Waals surface area contributed by atoms with Gasteiger partial charge in [0.2, 0.25) is 0 Å². The third-order valence-electron chi connectivity index (χ3n) is 0. The van der Waals surface area contributed by atoms with Crippen LogP contribution in [0.5, 0.6) is 0 Å². The van der Waals surface area contributed by atoms with E-state index in [2.05, 4.69) is 54.0 Å². The van der Waals surface area contributed by atoms with Gasteiger partial charge in [0, 0.05) is 19.5 Å². The first kappa shape index (κ1) is 29.6. The summed E-state index contributed by atoms with van der Waals surface area (Å²) in [6, 6.07) is 0. The minimum Gasteiger partial charge on any atom is -0.245 e. The van der Waals surface area contributed by atoms with Crippen molar-refractivity contribution in [2.75, 3.05) is 0 Å². The molecule has 74 valence electrons. The maximum Gasteiger partial charge on any atom is 0 e. The monoisotopic (exact) mass is 228 g/mol. The van der Waals surface area contributed by atoms with E-state index >= 15 is 0 Å². The summed E-state index contributed by atoms with van der Waals surface area (Å²) in [4.78, 5) is 0. The summed E-state index contributed by atoms with van der Waals surface area (Å²) in [6.07, 6.45) is 6.00. The van der Waals surface area contributed by atoms with Crippen LogP contribution in [0.1, 0.15) is 0 Å². The molecule has 0 aliphatic carbocycles. The maximum absolute atomic E-state index is 3.25. The van der Waals surface area contributed by atoms with Crippen LogP contribution in [0.15, 0.2) is 50.6 Å². The minimum absolute atomic E-state index is 0. The second-order valence-corrected chi connectivity index (χ2v) is 1.15. The summed E-state index contributed by atoms with van der Waals surface area (Å²) in [5.74, 6) is 0. The summed E-state index contributed by atoms with van der Waals surface area (Å²) >= 11 is 0. The van der Waals surface area contributed by atoms with Crippen LogP contribution in [0.2, 0.25) is 0 Å². The molecule has 0 fully saturated rings. The molecule has 0 aliphatic rings. The van der Waals surface area contributed by atoms with Gasteiger partial charge in [-0.05, 0) is 0 Å². The number of hydrogen-bond donors (Lipinski definition) is 0. The molecule has 0 aliphatic heterocycles. The predicted molar refractivity (Wildman–Crippen MR) is 62.2 cm³/mol. The van der Waals surface area contributed by atoms with E-state index in [1.807, 2.05) is 0 Å². The molecule has 0 rings (SSSR count). The zero-order valence-electron chi connectivity index (χ0n) is 8.67. The first-order chi connectivity index (χ1) is 5.66. The molecule has 1 heteroatoms. The van der Waals surface area contributed by atoms with Crippen molar-refractivity contribution in [3.63, 3.8) is 0 Å². The van der Waals surface area contributed by atoms with Crippen molar-refractivity contribution in [2.24, 2.45) is 0 Å². The molecule has 13 heavy (non-hydrogen) atoms. The van der Waals surface area contributed by atoms with Crippen molar-refractivity contribution in [3.05, 3.63) is 78.3 Å². The Hall–Kier alpha value is -0.937. The number of hydrogen-bond acceptors (Lipinski definition) is 0. The third-order valence-corrected chi connectivity index (χ3v) is 0. The molecular formula is C12H20Zn-4. The summed E-state index contributed by atoms with van der Waals surface area (Å²) < 4.78 is 0. The maximum atomic E-state index is 3.25. The average Bonchev–Trinajstić information content (AvgIpc) is 1.92. The first-order valence-corrected chi connectivity index (χ1v) is 3.27. The van der Waals surface area contributed by atoms with Crippen LogP contribution in [0.4, 0.5) is 0 Å². The summed E-state index contributed by atoms with van der Waals surface area (Å²) in [5.41, 5.74) is 0. The van der Waals surface area contributed by atoms with Gasteiger partial charge < -0.3 is 0 Å². The third kappa shape index (κ3) is 1040. The number of allylic oxidation sites excluding steroid dienone is 4. The van der Waals surface area contributed by atoms with Gasteiger partial charge in [0.25, 0.3) is 0 Å². The molecule has 0 spiro atoms. The smallest absolute Gasteiger partial charge is 0 e. The molecule has 0 aromatic heterocycles. The van der Waals surface area contributed by atoms with E-state index in [9.17, 15) is 0 Å². The van der Waals surface area contributed by atoms with Crippen LogP contribution in [0.25, 0.3) is 0 Å². The molecule has 0 aromatic carbocycles. The van der Waals surface area contributed by atoms with E-state index < -0.39 is 0 Å². The van der Waals surface area contributed by atoms with Gasteiger partial charge in [-0.3, -0.25) is 0 Å². The second-order valence-electron chi connectivity index (χ2n) is 1.15. The molecule has 0 radical (unpaired) electrons. The van der Waals surface area contributed by atoms with Crippen LogP contribution >= 0.6 is 0 Å². The molecule has 0 N–H and O–H groups in total. The van der Waals surface area contributed by atoms with E-state index in [0.717, 1.165) is 0 Å². The van der Waals surface area contributed by atoms with Gasteiger partial charge >= 0.3 is 0 Å². The quantitative estimate of drug-likeness (QED) is 0.435. The molecular weight excluding hydrogens is 210 g/mol. The molecule has 0 unspecified atom stereocenters. The Bertz CT molecular complexity index is 59.1. The Labute approximate surface area is 97.9 Å². The molecule has 0 amide bonds. The average molecular weight is 230 g/mol. The van der Waals surface area contributed by atoms with Gasteiger partial charge in [-0.25, -0.2) is 78.3 Å². The van der Waals surface area contributed by atoms with Crippen molar-refractivity contribution < 1.29 is 19.5 Å². The van der Waals surface area contributed by atoms with Gasteiger partial charge in [-0.2, -0.15) is 0 Å². The van der Waals surface area contributed by atoms with Crippen molar-refractivity contribution in [2.45, 2.75) is 0 Å². The number of rotatable bonds is 0. The SMILES string of the molecule is C=C[CH2-].C=C[CH2-].C=C[CH2-].C=C[CH2-].[Zn]. The first-order valence-electron chi connectivity index (χ1n) is 3.27. The fraction of sp³-hybridized carbons (Fsp3) is 0. The van der Waals surface area contributed by atoms with Crippen molar-refractivity contribution in [3.8, 4) is 0 Å². The van der Waals surface area contributed by atoms with Gasteiger partial charge in [0.05, 0.1) is 0 Å². The van der Waals surface area contributed by atoms with Gasteiger partial charge in [-0.1, -0.05) is 0 Å². The molecule has 0 nitrogen and oxygen atoms in total. The predicted octanol–water partition coefficient (Wildman–Crippen LogP) is 4.02. The standard InChI is InChI=1S/4C3H5.Zn/c4*1-3-2;/h4*3H,1-2H2;/q4*-1;. The van der Waals surface area contributed by atoms with Gasteiger partial charge in [0.15, 0.2) is 0 Å². The zero-order chi connectivity index (χ0) is 10.8. The topological polar surface area (TPSA) is 0 Å². The Morgan fingerprint density at radius 2 is 0.538 bits per heavy atom. The molecule has 0 heterocycles. The fourth-order valence-electron chi connectivity index (χ4n) is 0. The normalized spacial score (nSPS) is 3.69. The zero-order valence-corrected chi connectivity index (χ0v) is 11.6. The minimum atomic E-state index is 0. The summed E-state index contributed by atoms with van der Waals surface area (Å²) in [5, 5.41) is 0. The molecule has 0 saturated carbocycles. The van der Waals surface area contributed by atoms with Gasteiger partial charge in [0.1, 0.15) is 0 Å². The summed E-state index contributed by atoms with van der Waals surface area (Å²) in [7, 11) is 0. The van der Waals surface area contributed by atoms with E-state index in [1.54, 1.807) is 0 Å². The second kappa shape index (κ2) is 119. The van der Waals surface area contributed by atoms with E-state index in [4.69, 9.17) is 0 Å². The van der Waals surface area contributed by atoms with Crippen LogP contribution in [-0.2, 0) is 19.5 Å². The Balaban J connectivity index is -0.0000000213. The van der Waals surface area contributed by atoms with Crippen LogP contribution < -0.4 is 0 Å². The fourth-order valence-corrected chi connectivity index (χ4v) is 0. The summed E-state index contributed by atoms with van der Waals surface area (Å²) in [6.45, 7) is 26.0. The molecule has 0 aromatic rings. The Kier molecular flexibility index (Phi) is 272. The Morgan fingerprint density at radius 3 is 0.538 bits per heavy atom. The van der Waals surface area contributed by atoms with Crippen LogP contribution in [-0.4, -0.2) is 0 Å². The van der Waals surface area contributed by atoms with Crippen LogP contribution in [0, 0.1) is 27.7 Å². The van der Waals surface area contributed by atoms with E-state index in [0.29, 0.717) is 0 Å². The molecule has 0 bridgehead atoms. The largest absolute Gasteiger partial charge is 0.245 e. The van der Waals surface area contributed by atoms with Crippen LogP contribution in [0.3, 0.4) is 0 Å². The van der Waals surface area contributed by atoms with E-state index in [-0.39, 0.29) is 19.5 Å². The van der Waals surface area contributed by atoms with Crippen molar-refractivity contribution in [1.29, 1.82) is 0 Å². The molecule has 0 atom stereocenters. The molecule has 0 saturated heterocycles. The van der Waals surface area contributed by atoms with Crippen molar-refractivity contribution in [1.82, 2.24) is 0 Å². The Morgan fingerprint density at radius 1 is 0.538 bits per heavy atom. The van der Waals surface area contributed by atoms with Gasteiger partial charge in [-0.15, -0.1) is 0 Å². The van der Waals surface area contributed by atoms with E-state index in [1.165, 1.54) is 24.3 Å².